The summed E-state index contributed by atoms with van der Waals surface area (Å²) < 4.78 is 10.6. The Bertz CT molecular complexity index is 766. The quantitative estimate of drug-likeness (QED) is 0.859. The highest BCUT2D eigenvalue weighted by molar-refractivity contribution is 6.30. The van der Waals surface area contributed by atoms with Crippen LogP contribution in [0.4, 0.5) is 0 Å². The van der Waals surface area contributed by atoms with Crippen molar-refractivity contribution in [3.63, 3.8) is 0 Å². The lowest BCUT2D eigenvalue weighted by Crippen LogP contribution is -2.42. The van der Waals surface area contributed by atoms with Crippen molar-refractivity contribution >= 4 is 17.5 Å². The van der Waals surface area contributed by atoms with Crippen LogP contribution in [0, 0.1) is 0 Å². The fourth-order valence-electron chi connectivity index (χ4n) is 2.65. The maximum atomic E-state index is 12.4. The van der Waals surface area contributed by atoms with E-state index in [4.69, 9.17) is 21.1 Å². The molecule has 3 rings (SSSR count). The highest BCUT2D eigenvalue weighted by Gasteiger charge is 2.19. The number of amides is 1. The van der Waals surface area contributed by atoms with Gasteiger partial charge in [-0.2, -0.15) is 0 Å². The molecule has 132 valence electrons. The molecule has 0 saturated carbocycles. The third-order valence-electron chi connectivity index (χ3n) is 4.27. The highest BCUT2D eigenvalue weighted by atomic mass is 35.5. The fraction of sp³-hybridized carbons (Fsp3) is 0.316. The molecular weight excluding hydrogens is 340 g/mol. The van der Waals surface area contributed by atoms with Gasteiger partial charge in [0.2, 0.25) is 12.7 Å². The molecule has 1 heterocycles. The van der Waals surface area contributed by atoms with E-state index in [0.29, 0.717) is 18.1 Å². The molecule has 0 fully saturated rings. The number of carbonyl (C=O) groups is 1. The molecule has 1 amide bonds. The van der Waals surface area contributed by atoms with Gasteiger partial charge in [-0.15, -0.1) is 0 Å². The van der Waals surface area contributed by atoms with Crippen LogP contribution in [-0.4, -0.2) is 30.7 Å². The Morgan fingerprint density at radius 1 is 1.20 bits per heavy atom. The minimum Gasteiger partial charge on any atom is -0.454 e. The number of benzene rings is 2. The van der Waals surface area contributed by atoms with Gasteiger partial charge in [-0.3, -0.25) is 9.69 Å². The number of halogens is 1. The second-order valence-electron chi connectivity index (χ2n) is 6.13. The van der Waals surface area contributed by atoms with Crippen molar-refractivity contribution in [3.05, 3.63) is 58.6 Å². The standard InChI is InChI=1S/C19H21ClN2O3/c1-13(22(2)11-15-4-3-5-16(20)8-15)19(23)21-10-14-6-7-17-18(9-14)25-12-24-17/h3-9,13H,10-12H2,1-2H3,(H,21,23). The molecule has 0 bridgehead atoms. The second kappa shape index (κ2) is 7.76. The van der Waals surface area contributed by atoms with E-state index in [2.05, 4.69) is 5.32 Å². The summed E-state index contributed by atoms with van der Waals surface area (Å²) in [6.07, 6.45) is 0. The highest BCUT2D eigenvalue weighted by Crippen LogP contribution is 2.32. The van der Waals surface area contributed by atoms with Crippen LogP contribution in [0.5, 0.6) is 11.5 Å². The zero-order chi connectivity index (χ0) is 17.8. The smallest absolute Gasteiger partial charge is 0.237 e. The molecule has 1 unspecified atom stereocenters. The lowest BCUT2D eigenvalue weighted by molar-refractivity contribution is -0.125. The van der Waals surface area contributed by atoms with Gasteiger partial charge in [-0.1, -0.05) is 29.8 Å². The maximum absolute atomic E-state index is 12.4. The molecule has 2 aromatic carbocycles. The summed E-state index contributed by atoms with van der Waals surface area (Å²) >= 11 is 6.01. The third kappa shape index (κ3) is 4.44. The number of likely N-dealkylation sites (N-methyl/N-ethyl adjacent to an activating group) is 1. The summed E-state index contributed by atoms with van der Waals surface area (Å²) in [5, 5.41) is 3.66. The van der Waals surface area contributed by atoms with Crippen molar-refractivity contribution in [2.45, 2.75) is 26.1 Å². The molecule has 5 nitrogen and oxygen atoms in total. The minimum atomic E-state index is -0.256. The predicted octanol–water partition coefficient (Wildman–Crippen LogP) is 3.21. The molecule has 0 aliphatic carbocycles. The molecule has 1 aliphatic rings. The third-order valence-corrected chi connectivity index (χ3v) is 4.50. The van der Waals surface area contributed by atoms with E-state index in [1.165, 1.54) is 0 Å². The Hall–Kier alpha value is -2.24. The van der Waals surface area contributed by atoms with Gasteiger partial charge in [0.1, 0.15) is 0 Å². The van der Waals surface area contributed by atoms with Gasteiger partial charge in [0, 0.05) is 18.1 Å². The van der Waals surface area contributed by atoms with E-state index in [-0.39, 0.29) is 18.7 Å². The van der Waals surface area contributed by atoms with E-state index >= 15 is 0 Å². The molecule has 1 aliphatic heterocycles. The largest absolute Gasteiger partial charge is 0.454 e. The molecule has 0 radical (unpaired) electrons. The summed E-state index contributed by atoms with van der Waals surface area (Å²) in [5.41, 5.74) is 2.05. The van der Waals surface area contributed by atoms with Crippen LogP contribution in [0.15, 0.2) is 42.5 Å². The van der Waals surface area contributed by atoms with Crippen molar-refractivity contribution in [2.24, 2.45) is 0 Å². The lowest BCUT2D eigenvalue weighted by atomic mass is 10.1. The van der Waals surface area contributed by atoms with Crippen molar-refractivity contribution in [1.82, 2.24) is 10.2 Å². The first-order valence-corrected chi connectivity index (χ1v) is 8.51. The van der Waals surface area contributed by atoms with Gasteiger partial charge >= 0.3 is 0 Å². The van der Waals surface area contributed by atoms with Gasteiger partial charge < -0.3 is 14.8 Å². The van der Waals surface area contributed by atoms with E-state index in [1.807, 2.05) is 61.3 Å². The number of hydrogen-bond acceptors (Lipinski definition) is 4. The number of carbonyl (C=O) groups excluding carboxylic acids is 1. The predicted molar refractivity (Wildman–Crippen MR) is 96.8 cm³/mol. The average molecular weight is 361 g/mol. The zero-order valence-electron chi connectivity index (χ0n) is 14.3. The van der Waals surface area contributed by atoms with Gasteiger partial charge in [0.05, 0.1) is 6.04 Å². The SMILES string of the molecule is CC(C(=O)NCc1ccc2c(c1)OCO2)N(C)Cc1cccc(Cl)c1. The Morgan fingerprint density at radius 3 is 2.80 bits per heavy atom. The topological polar surface area (TPSA) is 50.8 Å². The number of nitrogens with one attached hydrogen (secondary N) is 1. The molecule has 1 N–H and O–H groups in total. The number of nitrogens with zero attached hydrogens (tertiary/aromatic N) is 1. The van der Waals surface area contributed by atoms with Gasteiger partial charge in [-0.25, -0.2) is 0 Å². The molecule has 2 aromatic rings. The number of fused-ring (bicyclic) bond motifs is 1. The summed E-state index contributed by atoms with van der Waals surface area (Å²) in [7, 11) is 1.92. The molecule has 0 aromatic heterocycles. The molecule has 0 spiro atoms. The first-order valence-electron chi connectivity index (χ1n) is 8.14. The average Bonchev–Trinajstić information content (AvgIpc) is 3.06. The van der Waals surface area contributed by atoms with Crippen molar-refractivity contribution in [3.8, 4) is 11.5 Å². The number of rotatable bonds is 6. The van der Waals surface area contributed by atoms with Crippen LogP contribution in [0.3, 0.4) is 0 Å². The monoisotopic (exact) mass is 360 g/mol. The van der Waals surface area contributed by atoms with Crippen LogP contribution in [0.1, 0.15) is 18.1 Å². The Kier molecular flexibility index (Phi) is 5.46. The normalized spacial score (nSPS) is 13.8. The first-order chi connectivity index (χ1) is 12.0. The maximum Gasteiger partial charge on any atom is 0.237 e. The minimum absolute atomic E-state index is 0.0257. The van der Waals surface area contributed by atoms with Gasteiger partial charge in [0.15, 0.2) is 11.5 Å². The summed E-state index contributed by atoms with van der Waals surface area (Å²) in [6.45, 7) is 3.24. The van der Waals surface area contributed by atoms with Crippen molar-refractivity contribution < 1.29 is 14.3 Å². The van der Waals surface area contributed by atoms with Crippen molar-refractivity contribution in [1.29, 1.82) is 0 Å². The lowest BCUT2D eigenvalue weighted by Gasteiger charge is -2.24. The second-order valence-corrected chi connectivity index (χ2v) is 6.56. The van der Waals surface area contributed by atoms with Crippen LogP contribution >= 0.6 is 11.6 Å². The van der Waals surface area contributed by atoms with E-state index in [9.17, 15) is 4.79 Å². The van der Waals surface area contributed by atoms with Crippen molar-refractivity contribution in [2.75, 3.05) is 13.8 Å². The fourth-order valence-corrected chi connectivity index (χ4v) is 2.86. The van der Waals surface area contributed by atoms with Crippen LogP contribution in [-0.2, 0) is 17.9 Å². The van der Waals surface area contributed by atoms with Crippen LogP contribution < -0.4 is 14.8 Å². The Balaban J connectivity index is 1.53. The number of ether oxygens (including phenoxy) is 2. The van der Waals surface area contributed by atoms with Gasteiger partial charge in [-0.05, 0) is 49.4 Å². The van der Waals surface area contributed by atoms with E-state index in [0.717, 1.165) is 22.6 Å². The Labute approximate surface area is 152 Å². The van der Waals surface area contributed by atoms with E-state index in [1.54, 1.807) is 0 Å². The molecule has 6 heteroatoms. The first kappa shape index (κ1) is 17.6. The zero-order valence-corrected chi connectivity index (χ0v) is 15.0. The summed E-state index contributed by atoms with van der Waals surface area (Å²) in [5.74, 6) is 1.43. The summed E-state index contributed by atoms with van der Waals surface area (Å²) in [4.78, 5) is 14.4. The number of hydrogen-bond donors (Lipinski definition) is 1. The molecule has 0 saturated heterocycles. The van der Waals surface area contributed by atoms with Crippen LogP contribution in [0.25, 0.3) is 0 Å². The molecule has 25 heavy (non-hydrogen) atoms. The van der Waals surface area contributed by atoms with Gasteiger partial charge in [0.25, 0.3) is 0 Å². The Morgan fingerprint density at radius 2 is 2.00 bits per heavy atom. The molecular formula is C19H21ClN2O3. The summed E-state index contributed by atoms with van der Waals surface area (Å²) in [6, 6.07) is 13.1. The molecule has 1 atom stereocenters. The van der Waals surface area contributed by atoms with E-state index < -0.39 is 0 Å². The van der Waals surface area contributed by atoms with Crippen LogP contribution in [0.2, 0.25) is 5.02 Å².